The van der Waals surface area contributed by atoms with Gasteiger partial charge >= 0.3 is 5.69 Å². The molecule has 2 aromatic heterocycles. The molecule has 4 heterocycles. The number of hydrogen-bond acceptors (Lipinski definition) is 7. The minimum Gasteiger partial charge on any atom is -0.357 e. The Morgan fingerprint density at radius 2 is 1.65 bits per heavy atom. The summed E-state index contributed by atoms with van der Waals surface area (Å²) in [5, 5.41) is 13.5. The van der Waals surface area contributed by atoms with Crippen molar-refractivity contribution in [1.29, 1.82) is 0 Å². The van der Waals surface area contributed by atoms with E-state index in [4.69, 9.17) is 0 Å². The van der Waals surface area contributed by atoms with Gasteiger partial charge in [0.15, 0.2) is 0 Å². The SMILES string of the molecule is O=[N+]([O-])c1c(N2CCN(CC=Cc3ccccc3)CC2)ncnc1N1CCc2c([nH]c3ccccc23)C1. The van der Waals surface area contributed by atoms with Crippen molar-refractivity contribution in [1.82, 2.24) is 19.9 Å². The molecule has 9 heteroatoms. The van der Waals surface area contributed by atoms with Crippen LogP contribution in [-0.2, 0) is 13.0 Å². The lowest BCUT2D eigenvalue weighted by Crippen LogP contribution is -2.47. The summed E-state index contributed by atoms with van der Waals surface area (Å²) in [5.41, 5.74) is 4.67. The van der Waals surface area contributed by atoms with Gasteiger partial charge in [0.25, 0.3) is 0 Å². The number of para-hydroxylation sites is 1. The molecule has 0 saturated carbocycles. The minimum atomic E-state index is -0.319. The van der Waals surface area contributed by atoms with Gasteiger partial charge in [0, 0.05) is 55.9 Å². The standard InChI is InChI=1S/C28H29N7O2/c36-35(37)26-27(33-17-15-32(16-18-33)13-6-9-21-7-2-1-3-8-21)29-20-30-28(26)34-14-12-23-22-10-4-5-11-24(22)31-25(23)19-34/h1-11,20,31H,12-19H2. The van der Waals surface area contributed by atoms with E-state index >= 15 is 0 Å². The molecule has 0 unspecified atom stereocenters. The first kappa shape index (κ1) is 23.2. The van der Waals surface area contributed by atoms with Crippen molar-refractivity contribution in [2.24, 2.45) is 0 Å². The molecule has 2 aliphatic rings. The van der Waals surface area contributed by atoms with Gasteiger partial charge in [-0.3, -0.25) is 15.0 Å². The van der Waals surface area contributed by atoms with Gasteiger partial charge in [-0.1, -0.05) is 60.7 Å². The highest BCUT2D eigenvalue weighted by Crippen LogP contribution is 2.37. The van der Waals surface area contributed by atoms with Crippen LogP contribution in [0.1, 0.15) is 16.8 Å². The average Bonchev–Trinajstić information content (AvgIpc) is 3.31. The fourth-order valence-corrected chi connectivity index (χ4v) is 5.40. The van der Waals surface area contributed by atoms with Crippen LogP contribution in [0.4, 0.5) is 17.3 Å². The van der Waals surface area contributed by atoms with Crippen LogP contribution in [0.3, 0.4) is 0 Å². The summed E-state index contributed by atoms with van der Waals surface area (Å²) < 4.78 is 0. The molecule has 9 nitrogen and oxygen atoms in total. The Bertz CT molecular complexity index is 1440. The highest BCUT2D eigenvalue weighted by molar-refractivity contribution is 5.85. The monoisotopic (exact) mass is 495 g/mol. The summed E-state index contributed by atoms with van der Waals surface area (Å²) in [4.78, 5) is 30.7. The van der Waals surface area contributed by atoms with Gasteiger partial charge in [0.05, 0.1) is 11.5 Å². The molecule has 0 radical (unpaired) electrons. The first-order valence-electron chi connectivity index (χ1n) is 12.7. The lowest BCUT2D eigenvalue weighted by Gasteiger charge is -2.35. The maximum absolute atomic E-state index is 12.3. The zero-order chi connectivity index (χ0) is 25.2. The third-order valence-electron chi connectivity index (χ3n) is 7.29. The summed E-state index contributed by atoms with van der Waals surface area (Å²) in [5.74, 6) is 0.810. The van der Waals surface area contributed by atoms with Crippen LogP contribution in [0.25, 0.3) is 17.0 Å². The van der Waals surface area contributed by atoms with Gasteiger partial charge in [0.2, 0.25) is 11.6 Å². The molecule has 4 aromatic rings. The molecule has 0 bridgehead atoms. The number of benzene rings is 2. The Hall–Kier alpha value is -4.24. The first-order chi connectivity index (χ1) is 18.2. The number of hydrogen-bond donors (Lipinski definition) is 1. The molecule has 1 N–H and O–H groups in total. The summed E-state index contributed by atoms with van der Waals surface area (Å²) in [6.07, 6.45) is 6.58. The molecule has 1 fully saturated rings. The zero-order valence-corrected chi connectivity index (χ0v) is 20.6. The van der Waals surface area contributed by atoms with Gasteiger partial charge in [-0.05, 0) is 23.6 Å². The van der Waals surface area contributed by atoms with Crippen molar-refractivity contribution in [3.05, 3.63) is 93.9 Å². The highest BCUT2D eigenvalue weighted by atomic mass is 16.6. The number of aromatic nitrogens is 3. The van der Waals surface area contributed by atoms with Crippen LogP contribution in [0.15, 0.2) is 67.0 Å². The number of nitro groups is 1. The lowest BCUT2D eigenvalue weighted by molar-refractivity contribution is -0.383. The van der Waals surface area contributed by atoms with E-state index < -0.39 is 0 Å². The Kier molecular flexibility index (Phi) is 6.28. The van der Waals surface area contributed by atoms with Gasteiger partial charge in [-0.25, -0.2) is 9.97 Å². The molecule has 2 aliphatic heterocycles. The molecule has 0 spiro atoms. The second-order valence-electron chi connectivity index (χ2n) is 9.53. The number of aromatic amines is 1. The van der Waals surface area contributed by atoms with E-state index in [1.807, 2.05) is 40.1 Å². The quantitative estimate of drug-likeness (QED) is 0.315. The van der Waals surface area contributed by atoms with Crippen molar-refractivity contribution in [3.8, 4) is 0 Å². The van der Waals surface area contributed by atoms with E-state index in [2.05, 4.69) is 56.3 Å². The van der Waals surface area contributed by atoms with Gasteiger partial charge in [0.1, 0.15) is 6.33 Å². The fourth-order valence-electron chi connectivity index (χ4n) is 5.40. The van der Waals surface area contributed by atoms with Crippen molar-refractivity contribution in [2.75, 3.05) is 49.1 Å². The first-order valence-corrected chi connectivity index (χ1v) is 12.7. The van der Waals surface area contributed by atoms with Crippen molar-refractivity contribution in [2.45, 2.75) is 13.0 Å². The van der Waals surface area contributed by atoms with Crippen LogP contribution < -0.4 is 9.80 Å². The summed E-state index contributed by atoms with van der Waals surface area (Å²) in [7, 11) is 0. The molecule has 188 valence electrons. The molecule has 0 aliphatic carbocycles. The Morgan fingerprint density at radius 3 is 2.43 bits per heavy atom. The third-order valence-corrected chi connectivity index (χ3v) is 7.29. The van der Waals surface area contributed by atoms with Gasteiger partial charge in [-0.15, -0.1) is 0 Å². The zero-order valence-electron chi connectivity index (χ0n) is 20.6. The largest absolute Gasteiger partial charge is 0.357 e. The maximum Gasteiger partial charge on any atom is 0.353 e. The number of piperazine rings is 1. The molecule has 2 aromatic carbocycles. The molecular weight excluding hydrogens is 466 g/mol. The van der Waals surface area contributed by atoms with E-state index in [1.54, 1.807) is 0 Å². The van der Waals surface area contributed by atoms with E-state index in [9.17, 15) is 10.1 Å². The average molecular weight is 496 g/mol. The molecule has 6 rings (SSSR count). The Balaban J connectivity index is 1.18. The van der Waals surface area contributed by atoms with Crippen LogP contribution in [0.5, 0.6) is 0 Å². The number of H-pyrrole nitrogens is 1. The predicted molar refractivity (Wildman–Crippen MR) is 146 cm³/mol. The van der Waals surface area contributed by atoms with Gasteiger partial charge < -0.3 is 14.8 Å². The number of nitrogens with one attached hydrogen (secondary N) is 1. The molecule has 0 atom stereocenters. The summed E-state index contributed by atoms with van der Waals surface area (Å²) in [6, 6.07) is 18.5. The molecule has 1 saturated heterocycles. The Morgan fingerprint density at radius 1 is 0.919 bits per heavy atom. The van der Waals surface area contributed by atoms with Crippen LogP contribution in [-0.4, -0.2) is 64.0 Å². The number of anilines is 2. The lowest BCUT2D eigenvalue weighted by atomic mass is 10.0. The summed E-state index contributed by atoms with van der Waals surface area (Å²) in [6.45, 7) is 5.08. The second-order valence-corrected chi connectivity index (χ2v) is 9.53. The molecular formula is C28H29N7O2. The minimum absolute atomic E-state index is 0.000477. The van der Waals surface area contributed by atoms with Crippen molar-refractivity contribution < 1.29 is 4.92 Å². The highest BCUT2D eigenvalue weighted by Gasteiger charge is 2.33. The third kappa shape index (κ3) is 4.65. The number of fused-ring (bicyclic) bond motifs is 3. The second kappa shape index (κ2) is 10.0. The number of rotatable bonds is 6. The fraction of sp³-hybridized carbons (Fsp3) is 0.286. The van der Waals surface area contributed by atoms with E-state index in [0.29, 0.717) is 37.8 Å². The predicted octanol–water partition coefficient (Wildman–Crippen LogP) is 4.26. The smallest absolute Gasteiger partial charge is 0.353 e. The maximum atomic E-state index is 12.3. The van der Waals surface area contributed by atoms with Gasteiger partial charge in [-0.2, -0.15) is 0 Å². The number of nitrogens with zero attached hydrogens (tertiary/aromatic N) is 6. The molecule has 0 amide bonds. The van der Waals surface area contributed by atoms with Crippen LogP contribution in [0.2, 0.25) is 0 Å². The molecule has 37 heavy (non-hydrogen) atoms. The summed E-state index contributed by atoms with van der Waals surface area (Å²) >= 11 is 0. The Labute approximate surface area is 215 Å². The van der Waals surface area contributed by atoms with E-state index in [0.717, 1.165) is 37.3 Å². The topological polar surface area (TPSA) is 94.4 Å². The van der Waals surface area contributed by atoms with E-state index in [-0.39, 0.29) is 10.6 Å². The van der Waals surface area contributed by atoms with Crippen molar-refractivity contribution in [3.63, 3.8) is 0 Å². The van der Waals surface area contributed by atoms with E-state index in [1.165, 1.54) is 22.8 Å². The van der Waals surface area contributed by atoms with Crippen LogP contribution >= 0.6 is 0 Å². The van der Waals surface area contributed by atoms with Crippen molar-refractivity contribution >= 4 is 34.3 Å². The van der Waals surface area contributed by atoms with Crippen LogP contribution in [0, 0.1) is 10.1 Å². The normalized spacial score (nSPS) is 16.4.